The first-order chi connectivity index (χ1) is 14.5. The van der Waals surface area contributed by atoms with E-state index in [-0.39, 0.29) is 5.91 Å². The number of para-hydroxylation sites is 2. The minimum absolute atomic E-state index is 0.00498. The molecule has 154 valence electrons. The van der Waals surface area contributed by atoms with Crippen molar-refractivity contribution >= 4 is 16.9 Å². The predicted molar refractivity (Wildman–Crippen MR) is 121 cm³/mol. The van der Waals surface area contributed by atoms with Gasteiger partial charge in [0.25, 0.3) is 5.91 Å². The summed E-state index contributed by atoms with van der Waals surface area (Å²) in [6, 6.07) is 20.5. The van der Waals surface area contributed by atoms with Crippen LogP contribution in [0.1, 0.15) is 39.6 Å². The second-order valence-corrected chi connectivity index (χ2v) is 7.77. The number of imidazole rings is 1. The van der Waals surface area contributed by atoms with Crippen LogP contribution in [-0.4, -0.2) is 26.6 Å². The van der Waals surface area contributed by atoms with Crippen LogP contribution < -0.4 is 5.32 Å². The molecule has 1 N–H and O–H groups in total. The van der Waals surface area contributed by atoms with Crippen molar-refractivity contribution in [3.8, 4) is 0 Å². The van der Waals surface area contributed by atoms with Gasteiger partial charge in [0.15, 0.2) is 0 Å². The average Bonchev–Trinajstić information content (AvgIpc) is 3.22. The minimum Gasteiger partial charge on any atom is -0.352 e. The number of carbonyl (C=O) groups is 1. The summed E-state index contributed by atoms with van der Waals surface area (Å²) in [5.74, 6) is 1.00. The lowest BCUT2D eigenvalue weighted by molar-refractivity contribution is 0.0952. The molecule has 0 saturated carbocycles. The summed E-state index contributed by atoms with van der Waals surface area (Å²) in [7, 11) is 0. The highest BCUT2D eigenvalue weighted by molar-refractivity contribution is 5.95. The molecule has 0 unspecified atom stereocenters. The zero-order valence-corrected chi connectivity index (χ0v) is 17.9. The summed E-state index contributed by atoms with van der Waals surface area (Å²) in [5.41, 5.74) is 6.25. The van der Waals surface area contributed by atoms with Crippen molar-refractivity contribution in [3.63, 3.8) is 0 Å². The van der Waals surface area contributed by atoms with Gasteiger partial charge in [-0.2, -0.15) is 0 Å². The highest BCUT2D eigenvalue weighted by atomic mass is 16.1. The number of fused-ring (bicyclic) bond motifs is 1. The highest BCUT2D eigenvalue weighted by Gasteiger charge is 2.15. The number of hydrogen-bond acceptors (Lipinski definition) is 2. The third-order valence-corrected chi connectivity index (χ3v) is 5.69. The number of aryl methyl sites for hydroxylation is 3. The van der Waals surface area contributed by atoms with Gasteiger partial charge in [0.2, 0.25) is 0 Å². The fraction of sp³-hybridized carbons (Fsp3) is 0.280. The van der Waals surface area contributed by atoms with Gasteiger partial charge in [-0.25, -0.2) is 4.98 Å². The van der Waals surface area contributed by atoms with E-state index < -0.39 is 0 Å². The molecule has 5 nitrogen and oxygen atoms in total. The third kappa shape index (κ3) is 4.01. The van der Waals surface area contributed by atoms with Crippen molar-refractivity contribution in [1.29, 1.82) is 0 Å². The fourth-order valence-electron chi connectivity index (χ4n) is 4.05. The molecule has 30 heavy (non-hydrogen) atoms. The van der Waals surface area contributed by atoms with Gasteiger partial charge >= 0.3 is 0 Å². The summed E-state index contributed by atoms with van der Waals surface area (Å²) in [6.07, 6.45) is 0.857. The van der Waals surface area contributed by atoms with Crippen LogP contribution in [0.2, 0.25) is 0 Å². The number of benzene rings is 2. The molecule has 0 radical (unpaired) electrons. The summed E-state index contributed by atoms with van der Waals surface area (Å²) >= 11 is 0. The Kier molecular flexibility index (Phi) is 5.70. The number of aromatic nitrogens is 3. The van der Waals surface area contributed by atoms with Crippen molar-refractivity contribution in [2.45, 2.75) is 40.3 Å². The van der Waals surface area contributed by atoms with E-state index in [1.807, 2.05) is 56.3 Å². The zero-order chi connectivity index (χ0) is 21.1. The summed E-state index contributed by atoms with van der Waals surface area (Å²) < 4.78 is 4.42. The highest BCUT2D eigenvalue weighted by Crippen LogP contribution is 2.18. The van der Waals surface area contributed by atoms with Crippen LogP contribution in [0.5, 0.6) is 0 Å². The Morgan fingerprint density at radius 1 is 0.967 bits per heavy atom. The van der Waals surface area contributed by atoms with E-state index in [0.29, 0.717) is 6.54 Å². The molecule has 4 aromatic rings. The van der Waals surface area contributed by atoms with E-state index in [4.69, 9.17) is 0 Å². The molecule has 0 fully saturated rings. The molecular formula is C25H28N4O. The topological polar surface area (TPSA) is 51.9 Å². The first-order valence-corrected chi connectivity index (χ1v) is 10.5. The van der Waals surface area contributed by atoms with Crippen molar-refractivity contribution in [3.05, 3.63) is 89.0 Å². The van der Waals surface area contributed by atoms with Crippen LogP contribution in [0.3, 0.4) is 0 Å². The molecule has 0 saturated heterocycles. The molecule has 1 amide bonds. The Morgan fingerprint density at radius 2 is 1.70 bits per heavy atom. The van der Waals surface area contributed by atoms with Crippen LogP contribution in [0.15, 0.2) is 60.7 Å². The molecule has 0 aliphatic rings. The number of carbonyl (C=O) groups excluding carboxylic acids is 1. The molecule has 0 bridgehead atoms. The molecule has 0 aliphatic carbocycles. The van der Waals surface area contributed by atoms with E-state index in [9.17, 15) is 4.79 Å². The number of rotatable bonds is 7. The Morgan fingerprint density at radius 3 is 2.50 bits per heavy atom. The van der Waals surface area contributed by atoms with Gasteiger partial charge in [-0.1, -0.05) is 42.5 Å². The van der Waals surface area contributed by atoms with Gasteiger partial charge in [-0.3, -0.25) is 4.79 Å². The first-order valence-electron chi connectivity index (χ1n) is 10.5. The number of nitrogens with zero attached hydrogens (tertiary/aromatic N) is 3. The standard InChI is InChI=1S/C25H28N4O/c1-18-16-22(19(2)29(18)17-21-10-5-4-6-11-21)25(30)26-14-9-15-28-20(3)27-23-12-7-8-13-24(23)28/h4-8,10-13,16H,9,14-15,17H2,1-3H3,(H,26,30). The van der Waals surface area contributed by atoms with Crippen molar-refractivity contribution in [2.75, 3.05) is 6.54 Å². The Bertz CT molecular complexity index is 1170. The first kappa shape index (κ1) is 20.0. The maximum atomic E-state index is 12.8. The lowest BCUT2D eigenvalue weighted by atomic mass is 10.2. The summed E-state index contributed by atoms with van der Waals surface area (Å²) in [5, 5.41) is 3.09. The van der Waals surface area contributed by atoms with E-state index in [2.05, 4.69) is 44.6 Å². The van der Waals surface area contributed by atoms with E-state index >= 15 is 0 Å². The van der Waals surface area contributed by atoms with Crippen molar-refractivity contribution in [1.82, 2.24) is 19.4 Å². The van der Waals surface area contributed by atoms with Gasteiger partial charge in [-0.15, -0.1) is 0 Å². The monoisotopic (exact) mass is 400 g/mol. The number of hydrogen-bond donors (Lipinski definition) is 1. The average molecular weight is 401 g/mol. The molecule has 2 aromatic heterocycles. The van der Waals surface area contributed by atoms with Gasteiger partial charge in [-0.05, 0) is 51.0 Å². The molecule has 0 aliphatic heterocycles. The Balaban J connectivity index is 1.37. The molecule has 0 spiro atoms. The van der Waals surface area contributed by atoms with Crippen LogP contribution in [-0.2, 0) is 13.1 Å². The third-order valence-electron chi connectivity index (χ3n) is 5.69. The van der Waals surface area contributed by atoms with Gasteiger partial charge in [0, 0.05) is 31.0 Å². The normalized spacial score (nSPS) is 11.2. The number of amides is 1. The van der Waals surface area contributed by atoms with Gasteiger partial charge < -0.3 is 14.5 Å². The van der Waals surface area contributed by atoms with Gasteiger partial charge in [0.1, 0.15) is 5.82 Å². The molecule has 2 aromatic carbocycles. The lowest BCUT2D eigenvalue weighted by Gasteiger charge is -2.11. The van der Waals surface area contributed by atoms with Crippen molar-refractivity contribution in [2.24, 2.45) is 0 Å². The summed E-state index contributed by atoms with van der Waals surface area (Å²) in [4.78, 5) is 17.4. The Labute approximate surface area is 177 Å². The molecule has 4 rings (SSSR count). The Hall–Kier alpha value is -3.34. The van der Waals surface area contributed by atoms with Gasteiger partial charge in [0.05, 0.1) is 16.6 Å². The lowest BCUT2D eigenvalue weighted by Crippen LogP contribution is -2.25. The largest absolute Gasteiger partial charge is 0.352 e. The maximum Gasteiger partial charge on any atom is 0.253 e. The molecule has 5 heteroatoms. The maximum absolute atomic E-state index is 12.8. The quantitative estimate of drug-likeness (QED) is 0.460. The smallest absolute Gasteiger partial charge is 0.253 e. The SMILES string of the molecule is Cc1cc(C(=O)NCCCn2c(C)nc3ccccc32)c(C)n1Cc1ccccc1. The molecule has 0 atom stereocenters. The van der Waals surface area contributed by atoms with Crippen LogP contribution in [0, 0.1) is 20.8 Å². The predicted octanol–water partition coefficient (Wildman–Crippen LogP) is 4.63. The number of nitrogens with one attached hydrogen (secondary N) is 1. The summed E-state index contributed by atoms with van der Waals surface area (Å²) in [6.45, 7) is 8.34. The zero-order valence-electron chi connectivity index (χ0n) is 17.9. The van der Waals surface area contributed by atoms with Crippen LogP contribution in [0.4, 0.5) is 0 Å². The second kappa shape index (κ2) is 8.57. The van der Waals surface area contributed by atoms with Crippen molar-refractivity contribution < 1.29 is 4.79 Å². The van der Waals surface area contributed by atoms with E-state index in [0.717, 1.165) is 53.3 Å². The van der Waals surface area contributed by atoms with E-state index in [1.54, 1.807) is 0 Å². The fourth-order valence-corrected chi connectivity index (χ4v) is 4.05. The van der Waals surface area contributed by atoms with E-state index in [1.165, 1.54) is 5.56 Å². The van der Waals surface area contributed by atoms with Crippen LogP contribution in [0.25, 0.3) is 11.0 Å². The minimum atomic E-state index is -0.00498. The molecule has 2 heterocycles. The second-order valence-electron chi connectivity index (χ2n) is 7.77. The van der Waals surface area contributed by atoms with Crippen LogP contribution >= 0.6 is 0 Å². The molecular weight excluding hydrogens is 372 g/mol.